The minimum Gasteiger partial charge on any atom is -0.378 e. The van der Waals surface area contributed by atoms with Crippen LogP contribution in [-0.4, -0.2) is 11.8 Å². The maximum Gasteiger partial charge on any atom is 0.165 e. The van der Waals surface area contributed by atoms with Gasteiger partial charge in [-0.05, 0) is 48.7 Å². The summed E-state index contributed by atoms with van der Waals surface area (Å²) in [5.74, 6) is 0.0371. The Hall–Kier alpha value is -2.35. The highest BCUT2D eigenvalue weighted by Gasteiger charge is 2.31. The lowest BCUT2D eigenvalue weighted by Gasteiger charge is -2.21. The van der Waals surface area contributed by atoms with Crippen LogP contribution in [-0.2, 0) is 4.79 Å². The lowest BCUT2D eigenvalue weighted by atomic mass is 9.92. The molecule has 0 saturated carbocycles. The van der Waals surface area contributed by atoms with Crippen LogP contribution >= 0.6 is 0 Å². The summed E-state index contributed by atoms with van der Waals surface area (Å²) in [5.41, 5.74) is 4.58. The van der Waals surface area contributed by atoms with Gasteiger partial charge in [0.1, 0.15) is 0 Å². The van der Waals surface area contributed by atoms with Crippen molar-refractivity contribution in [2.24, 2.45) is 0 Å². The number of ketones is 1. The third-order valence-corrected chi connectivity index (χ3v) is 3.85. The van der Waals surface area contributed by atoms with Crippen LogP contribution in [0.25, 0.3) is 0 Å². The van der Waals surface area contributed by atoms with Crippen molar-refractivity contribution in [3.63, 3.8) is 0 Å². The Bertz CT molecular complexity index is 668. The number of anilines is 1. The quantitative estimate of drug-likeness (QED) is 0.918. The number of hydrogen-bond donors (Lipinski definition) is 1. The van der Waals surface area contributed by atoms with Gasteiger partial charge in [0, 0.05) is 5.69 Å². The van der Waals surface area contributed by atoms with E-state index in [0.29, 0.717) is 0 Å². The van der Waals surface area contributed by atoms with Crippen LogP contribution in [0.2, 0.25) is 0 Å². The largest absolute Gasteiger partial charge is 0.378 e. The fraction of sp³-hybridized carbons (Fsp3) is 0.211. The second kappa shape index (κ2) is 5.57. The SMILES string of the molecule is Cc1cc(C)cc(N[C@@H]2C=CC(=O)[C@H]2c2ccccc2)c1. The maximum atomic E-state index is 12.2. The van der Waals surface area contributed by atoms with E-state index < -0.39 is 0 Å². The number of hydrogen-bond acceptors (Lipinski definition) is 2. The van der Waals surface area contributed by atoms with Crippen LogP contribution in [0.5, 0.6) is 0 Å². The third-order valence-electron chi connectivity index (χ3n) is 3.85. The van der Waals surface area contributed by atoms with E-state index in [1.807, 2.05) is 36.4 Å². The van der Waals surface area contributed by atoms with Crippen molar-refractivity contribution in [3.8, 4) is 0 Å². The molecule has 2 atom stereocenters. The first-order chi connectivity index (χ1) is 10.1. The summed E-state index contributed by atoms with van der Waals surface area (Å²) in [6.45, 7) is 4.17. The van der Waals surface area contributed by atoms with E-state index in [-0.39, 0.29) is 17.7 Å². The van der Waals surface area contributed by atoms with Gasteiger partial charge in [0.25, 0.3) is 0 Å². The molecule has 1 aliphatic carbocycles. The highest BCUT2D eigenvalue weighted by atomic mass is 16.1. The van der Waals surface area contributed by atoms with E-state index in [1.54, 1.807) is 6.08 Å². The number of carbonyl (C=O) groups excluding carboxylic acids is 1. The molecule has 0 radical (unpaired) electrons. The molecule has 0 amide bonds. The summed E-state index contributed by atoms with van der Waals surface area (Å²) < 4.78 is 0. The van der Waals surface area contributed by atoms with Crippen LogP contribution in [0.3, 0.4) is 0 Å². The molecule has 0 spiro atoms. The van der Waals surface area contributed by atoms with Crippen LogP contribution in [0.1, 0.15) is 22.6 Å². The summed E-state index contributed by atoms with van der Waals surface area (Å²) in [6, 6.07) is 16.4. The van der Waals surface area contributed by atoms with E-state index in [0.717, 1.165) is 11.3 Å². The van der Waals surface area contributed by atoms with Gasteiger partial charge in [-0.1, -0.05) is 42.5 Å². The van der Waals surface area contributed by atoms with Gasteiger partial charge in [-0.2, -0.15) is 0 Å². The smallest absolute Gasteiger partial charge is 0.165 e. The lowest BCUT2D eigenvalue weighted by molar-refractivity contribution is -0.115. The first kappa shape index (κ1) is 13.6. The number of rotatable bonds is 3. The molecule has 1 aliphatic rings. The molecule has 2 aromatic carbocycles. The van der Waals surface area contributed by atoms with E-state index in [9.17, 15) is 4.79 Å². The molecule has 0 fully saturated rings. The minimum atomic E-state index is -0.132. The Balaban J connectivity index is 1.87. The highest BCUT2D eigenvalue weighted by Crippen LogP contribution is 2.30. The number of allylic oxidation sites excluding steroid dienone is 1. The van der Waals surface area contributed by atoms with Crippen molar-refractivity contribution in [2.75, 3.05) is 5.32 Å². The van der Waals surface area contributed by atoms with E-state index in [1.165, 1.54) is 11.1 Å². The summed E-state index contributed by atoms with van der Waals surface area (Å²) in [4.78, 5) is 12.2. The Labute approximate surface area is 125 Å². The Kier molecular flexibility index (Phi) is 3.61. The minimum absolute atomic E-state index is 0.0149. The van der Waals surface area contributed by atoms with Gasteiger partial charge in [-0.25, -0.2) is 0 Å². The summed E-state index contributed by atoms with van der Waals surface area (Å²) in [6.07, 6.45) is 3.66. The van der Waals surface area contributed by atoms with Crippen LogP contribution < -0.4 is 5.32 Å². The molecule has 0 heterocycles. The topological polar surface area (TPSA) is 29.1 Å². The van der Waals surface area contributed by atoms with Crippen molar-refractivity contribution in [3.05, 3.63) is 77.4 Å². The second-order valence-electron chi connectivity index (χ2n) is 5.70. The number of carbonyl (C=O) groups is 1. The van der Waals surface area contributed by atoms with Gasteiger partial charge in [0.15, 0.2) is 5.78 Å². The molecular formula is C19H19NO. The van der Waals surface area contributed by atoms with Crippen molar-refractivity contribution >= 4 is 11.5 Å². The Morgan fingerprint density at radius 3 is 2.29 bits per heavy atom. The predicted octanol–water partition coefficient (Wildman–Crippen LogP) is 4.01. The number of nitrogens with one attached hydrogen (secondary N) is 1. The molecule has 106 valence electrons. The molecule has 0 aromatic heterocycles. The molecule has 3 rings (SSSR count). The zero-order chi connectivity index (χ0) is 14.8. The van der Waals surface area contributed by atoms with Gasteiger partial charge >= 0.3 is 0 Å². The van der Waals surface area contributed by atoms with E-state index >= 15 is 0 Å². The van der Waals surface area contributed by atoms with Crippen LogP contribution in [0.4, 0.5) is 5.69 Å². The highest BCUT2D eigenvalue weighted by molar-refractivity contribution is 5.99. The molecule has 2 nitrogen and oxygen atoms in total. The van der Waals surface area contributed by atoms with Gasteiger partial charge in [0.05, 0.1) is 12.0 Å². The van der Waals surface area contributed by atoms with Crippen molar-refractivity contribution in [2.45, 2.75) is 25.8 Å². The van der Waals surface area contributed by atoms with Crippen molar-refractivity contribution in [1.82, 2.24) is 0 Å². The average Bonchev–Trinajstić information content (AvgIpc) is 2.79. The summed E-state index contributed by atoms with van der Waals surface area (Å²) in [7, 11) is 0. The van der Waals surface area contributed by atoms with Crippen LogP contribution in [0, 0.1) is 13.8 Å². The molecule has 0 saturated heterocycles. The van der Waals surface area contributed by atoms with Gasteiger partial charge in [-0.3, -0.25) is 4.79 Å². The van der Waals surface area contributed by atoms with Crippen LogP contribution in [0.15, 0.2) is 60.7 Å². The van der Waals surface area contributed by atoms with Crippen molar-refractivity contribution < 1.29 is 4.79 Å². The molecule has 0 bridgehead atoms. The van der Waals surface area contributed by atoms with Gasteiger partial charge in [0.2, 0.25) is 0 Å². The molecule has 21 heavy (non-hydrogen) atoms. The zero-order valence-electron chi connectivity index (χ0n) is 12.3. The first-order valence-corrected chi connectivity index (χ1v) is 7.25. The fourth-order valence-corrected chi connectivity index (χ4v) is 3.00. The third kappa shape index (κ3) is 2.89. The number of benzene rings is 2. The number of aryl methyl sites for hydroxylation is 2. The average molecular weight is 277 g/mol. The Morgan fingerprint density at radius 1 is 0.952 bits per heavy atom. The first-order valence-electron chi connectivity index (χ1n) is 7.25. The molecule has 2 aromatic rings. The lowest BCUT2D eigenvalue weighted by Crippen LogP contribution is -2.26. The monoisotopic (exact) mass is 277 g/mol. The second-order valence-corrected chi connectivity index (χ2v) is 5.70. The molecule has 1 N–H and O–H groups in total. The van der Waals surface area contributed by atoms with Crippen molar-refractivity contribution in [1.29, 1.82) is 0 Å². The normalized spacial score (nSPS) is 20.8. The van der Waals surface area contributed by atoms with E-state index in [4.69, 9.17) is 0 Å². The standard InChI is InChI=1S/C19H19NO/c1-13-10-14(2)12-16(11-13)20-17-8-9-18(21)19(17)15-6-4-3-5-7-15/h3-12,17,19-20H,1-2H3/t17-,19+/m1/s1. The maximum absolute atomic E-state index is 12.2. The van der Waals surface area contributed by atoms with Gasteiger partial charge < -0.3 is 5.32 Å². The zero-order valence-corrected chi connectivity index (χ0v) is 12.3. The summed E-state index contributed by atoms with van der Waals surface area (Å²) in [5, 5.41) is 3.49. The van der Waals surface area contributed by atoms with Gasteiger partial charge in [-0.15, -0.1) is 0 Å². The molecule has 2 heteroatoms. The molecule has 0 unspecified atom stereocenters. The Morgan fingerprint density at radius 2 is 1.62 bits per heavy atom. The summed E-state index contributed by atoms with van der Waals surface area (Å²) >= 11 is 0. The van der Waals surface area contributed by atoms with E-state index in [2.05, 4.69) is 37.4 Å². The molecular weight excluding hydrogens is 258 g/mol. The fourth-order valence-electron chi connectivity index (χ4n) is 3.00. The molecule has 0 aliphatic heterocycles. The predicted molar refractivity (Wildman–Crippen MR) is 86.7 cm³/mol.